The number of H-pyrrole nitrogens is 1. The van der Waals surface area contributed by atoms with Crippen LogP contribution in [0.3, 0.4) is 0 Å². The fourth-order valence-electron chi connectivity index (χ4n) is 2.31. The van der Waals surface area contributed by atoms with Crippen molar-refractivity contribution in [1.29, 1.82) is 0 Å². The molecule has 5 heteroatoms. The fourth-order valence-corrected chi connectivity index (χ4v) is 2.52. The van der Waals surface area contributed by atoms with Crippen molar-refractivity contribution in [1.82, 2.24) is 15.5 Å². The van der Waals surface area contributed by atoms with Gasteiger partial charge in [0.2, 0.25) is 5.91 Å². The third-order valence-corrected chi connectivity index (χ3v) is 3.74. The fraction of sp³-hybridized carbons (Fsp3) is 0.375. The summed E-state index contributed by atoms with van der Waals surface area (Å²) in [5, 5.41) is 10.7. The number of rotatable bonds is 6. The first kappa shape index (κ1) is 15.6. The summed E-state index contributed by atoms with van der Waals surface area (Å²) < 4.78 is 0. The van der Waals surface area contributed by atoms with Crippen LogP contribution in [0.2, 0.25) is 5.02 Å². The molecule has 1 heterocycles. The maximum Gasteiger partial charge on any atom is 0.220 e. The molecule has 21 heavy (non-hydrogen) atoms. The Morgan fingerprint density at radius 3 is 2.81 bits per heavy atom. The van der Waals surface area contributed by atoms with E-state index in [0.717, 1.165) is 40.4 Å². The van der Waals surface area contributed by atoms with Gasteiger partial charge < -0.3 is 5.32 Å². The average Bonchev–Trinajstić information content (AvgIpc) is 2.76. The number of aryl methyl sites for hydroxylation is 2. The number of benzene rings is 1. The zero-order valence-corrected chi connectivity index (χ0v) is 13.1. The highest BCUT2D eigenvalue weighted by atomic mass is 35.5. The summed E-state index contributed by atoms with van der Waals surface area (Å²) in [5.41, 5.74) is 4.28. The van der Waals surface area contributed by atoms with Crippen LogP contribution < -0.4 is 5.32 Å². The number of carbonyl (C=O) groups excluding carboxylic acids is 1. The summed E-state index contributed by atoms with van der Waals surface area (Å²) >= 11 is 5.93. The Labute approximate surface area is 129 Å². The van der Waals surface area contributed by atoms with E-state index in [9.17, 15) is 4.79 Å². The van der Waals surface area contributed by atoms with Gasteiger partial charge in [0.1, 0.15) is 0 Å². The van der Waals surface area contributed by atoms with Gasteiger partial charge in [0.25, 0.3) is 0 Å². The van der Waals surface area contributed by atoms with Gasteiger partial charge >= 0.3 is 0 Å². The molecule has 0 saturated heterocycles. The highest BCUT2D eigenvalue weighted by Crippen LogP contribution is 2.12. The van der Waals surface area contributed by atoms with Crippen LogP contribution in [0.25, 0.3) is 0 Å². The molecule has 0 saturated carbocycles. The molecule has 0 unspecified atom stereocenters. The molecule has 4 nitrogen and oxygen atoms in total. The van der Waals surface area contributed by atoms with Crippen molar-refractivity contribution in [2.24, 2.45) is 0 Å². The largest absolute Gasteiger partial charge is 0.356 e. The Morgan fingerprint density at radius 1 is 1.33 bits per heavy atom. The number of nitrogens with one attached hydrogen (secondary N) is 2. The lowest BCUT2D eigenvalue weighted by atomic mass is 10.1. The van der Waals surface area contributed by atoms with E-state index in [-0.39, 0.29) is 5.91 Å². The van der Waals surface area contributed by atoms with E-state index >= 15 is 0 Å². The summed E-state index contributed by atoms with van der Waals surface area (Å²) in [6, 6.07) is 7.70. The molecular weight excluding hydrogens is 286 g/mol. The SMILES string of the molecule is Cc1n[nH]c(C)c1CCC(=O)NCCc1cccc(Cl)c1. The molecule has 0 atom stereocenters. The molecule has 2 N–H and O–H groups in total. The molecule has 0 bridgehead atoms. The van der Waals surface area contributed by atoms with Crippen LogP contribution in [0.15, 0.2) is 24.3 Å². The summed E-state index contributed by atoms with van der Waals surface area (Å²) in [4.78, 5) is 11.9. The molecule has 0 fully saturated rings. The monoisotopic (exact) mass is 305 g/mol. The number of halogens is 1. The Morgan fingerprint density at radius 2 is 2.14 bits per heavy atom. The van der Waals surface area contributed by atoms with Crippen LogP contribution in [0.1, 0.15) is 28.9 Å². The van der Waals surface area contributed by atoms with E-state index in [0.29, 0.717) is 13.0 Å². The van der Waals surface area contributed by atoms with Gasteiger partial charge in [-0.05, 0) is 49.9 Å². The van der Waals surface area contributed by atoms with Crippen molar-refractivity contribution >= 4 is 17.5 Å². The molecule has 1 aromatic heterocycles. The van der Waals surface area contributed by atoms with Crippen molar-refractivity contribution < 1.29 is 4.79 Å². The third-order valence-electron chi connectivity index (χ3n) is 3.51. The topological polar surface area (TPSA) is 57.8 Å². The Bertz CT molecular complexity index is 602. The van der Waals surface area contributed by atoms with Gasteiger partial charge in [-0.15, -0.1) is 0 Å². The minimum Gasteiger partial charge on any atom is -0.356 e. The molecule has 1 amide bonds. The van der Waals surface area contributed by atoms with E-state index in [1.54, 1.807) is 0 Å². The van der Waals surface area contributed by atoms with Crippen LogP contribution in [0.4, 0.5) is 0 Å². The zero-order valence-electron chi connectivity index (χ0n) is 12.4. The van der Waals surface area contributed by atoms with Crippen LogP contribution in [0.5, 0.6) is 0 Å². The quantitative estimate of drug-likeness (QED) is 0.862. The lowest BCUT2D eigenvalue weighted by Crippen LogP contribution is -2.25. The van der Waals surface area contributed by atoms with Gasteiger partial charge in [-0.1, -0.05) is 23.7 Å². The number of amides is 1. The molecule has 112 valence electrons. The number of aromatic nitrogens is 2. The second-order valence-corrected chi connectivity index (χ2v) is 5.58. The molecule has 1 aromatic carbocycles. The maximum absolute atomic E-state index is 11.9. The standard InChI is InChI=1S/C16H20ClN3O/c1-11-15(12(2)20-19-11)6-7-16(21)18-9-8-13-4-3-5-14(17)10-13/h3-5,10H,6-9H2,1-2H3,(H,18,21)(H,19,20). The van der Waals surface area contributed by atoms with Crippen molar-refractivity contribution in [2.45, 2.75) is 33.1 Å². The second-order valence-electron chi connectivity index (χ2n) is 5.14. The van der Waals surface area contributed by atoms with E-state index < -0.39 is 0 Å². The highest BCUT2D eigenvalue weighted by molar-refractivity contribution is 6.30. The van der Waals surface area contributed by atoms with Crippen molar-refractivity contribution in [2.75, 3.05) is 6.54 Å². The lowest BCUT2D eigenvalue weighted by Gasteiger charge is -2.06. The van der Waals surface area contributed by atoms with Crippen molar-refractivity contribution in [3.05, 3.63) is 51.8 Å². The van der Waals surface area contributed by atoms with Gasteiger partial charge in [0, 0.05) is 23.7 Å². The van der Waals surface area contributed by atoms with Gasteiger partial charge in [-0.2, -0.15) is 5.10 Å². The molecule has 2 aromatic rings. The minimum atomic E-state index is 0.0667. The van der Waals surface area contributed by atoms with Gasteiger partial charge in [0.15, 0.2) is 0 Å². The van der Waals surface area contributed by atoms with E-state index in [4.69, 9.17) is 11.6 Å². The first-order valence-corrected chi connectivity index (χ1v) is 7.45. The number of carbonyl (C=O) groups is 1. The van der Waals surface area contributed by atoms with Crippen LogP contribution in [-0.2, 0) is 17.6 Å². The zero-order chi connectivity index (χ0) is 15.2. The lowest BCUT2D eigenvalue weighted by molar-refractivity contribution is -0.121. The van der Waals surface area contributed by atoms with Crippen LogP contribution in [0, 0.1) is 13.8 Å². The maximum atomic E-state index is 11.9. The Balaban J connectivity index is 1.73. The normalized spacial score (nSPS) is 10.6. The van der Waals surface area contributed by atoms with Crippen LogP contribution in [-0.4, -0.2) is 22.6 Å². The minimum absolute atomic E-state index is 0.0667. The molecule has 0 aliphatic carbocycles. The summed E-state index contributed by atoms with van der Waals surface area (Å²) in [6.45, 7) is 4.56. The smallest absolute Gasteiger partial charge is 0.220 e. The van der Waals surface area contributed by atoms with Crippen molar-refractivity contribution in [3.8, 4) is 0 Å². The number of aromatic amines is 1. The van der Waals surface area contributed by atoms with E-state index in [1.165, 1.54) is 0 Å². The Kier molecular flexibility index (Phi) is 5.39. The van der Waals surface area contributed by atoms with Crippen LogP contribution >= 0.6 is 11.6 Å². The molecule has 2 rings (SSSR count). The highest BCUT2D eigenvalue weighted by Gasteiger charge is 2.08. The van der Waals surface area contributed by atoms with Gasteiger partial charge in [-0.25, -0.2) is 0 Å². The number of nitrogens with zero attached hydrogens (tertiary/aromatic N) is 1. The summed E-state index contributed by atoms with van der Waals surface area (Å²) in [6.07, 6.45) is 1.99. The van der Waals surface area contributed by atoms with E-state index in [2.05, 4.69) is 15.5 Å². The number of hydrogen-bond acceptors (Lipinski definition) is 2. The van der Waals surface area contributed by atoms with Gasteiger partial charge in [0.05, 0.1) is 5.69 Å². The van der Waals surface area contributed by atoms with Gasteiger partial charge in [-0.3, -0.25) is 9.89 Å². The third kappa shape index (κ3) is 4.60. The molecule has 0 aliphatic heterocycles. The second kappa shape index (κ2) is 7.27. The predicted molar refractivity (Wildman–Crippen MR) is 84.5 cm³/mol. The molecular formula is C16H20ClN3O. The average molecular weight is 306 g/mol. The molecule has 0 aliphatic rings. The predicted octanol–water partition coefficient (Wildman–Crippen LogP) is 2.97. The van der Waals surface area contributed by atoms with Crippen molar-refractivity contribution in [3.63, 3.8) is 0 Å². The first-order chi connectivity index (χ1) is 10.1. The first-order valence-electron chi connectivity index (χ1n) is 7.08. The summed E-state index contributed by atoms with van der Waals surface area (Å²) in [5.74, 6) is 0.0667. The Hall–Kier alpha value is -1.81. The van der Waals surface area contributed by atoms with E-state index in [1.807, 2.05) is 38.1 Å². The number of hydrogen-bond donors (Lipinski definition) is 2. The summed E-state index contributed by atoms with van der Waals surface area (Å²) in [7, 11) is 0. The molecule has 0 spiro atoms. The molecule has 0 radical (unpaired) electrons.